The minimum atomic E-state index is -0.265. The van der Waals surface area contributed by atoms with Crippen LogP contribution in [-0.2, 0) is 9.59 Å². The van der Waals surface area contributed by atoms with Crippen molar-refractivity contribution in [2.45, 2.75) is 13.8 Å². The lowest BCUT2D eigenvalue weighted by Crippen LogP contribution is -2.20. The first-order chi connectivity index (χ1) is 18.7. The van der Waals surface area contributed by atoms with Gasteiger partial charge in [-0.05, 0) is 110 Å². The molecule has 0 heterocycles. The zero-order valence-corrected chi connectivity index (χ0v) is 24.5. The average Bonchev–Trinajstić information content (AvgIpc) is 2.92. The van der Waals surface area contributed by atoms with E-state index in [0.717, 1.165) is 20.1 Å². The number of aryl methyl sites for hydroxylation is 2. The quantitative estimate of drug-likeness (QED) is 0.184. The lowest BCUT2D eigenvalue weighted by molar-refractivity contribution is -0.118. The number of carbonyl (C=O) groups excluding carboxylic acids is 2. The summed E-state index contributed by atoms with van der Waals surface area (Å²) >= 11 is 6.88. The Bertz CT molecular complexity index is 1350. The molecular weight excluding hydrogens is 628 g/mol. The molecule has 0 spiro atoms. The molecule has 0 aliphatic rings. The lowest BCUT2D eigenvalue weighted by Gasteiger charge is -2.11. The molecule has 7 nitrogen and oxygen atoms in total. The number of amides is 2. The summed E-state index contributed by atoms with van der Waals surface area (Å²) in [5.41, 5.74) is 3.31. The topological polar surface area (TPSA) is 85.9 Å². The van der Waals surface area contributed by atoms with Gasteiger partial charge in [-0.3, -0.25) is 9.59 Å². The molecule has 39 heavy (non-hydrogen) atoms. The zero-order valence-electron chi connectivity index (χ0n) is 21.3. The van der Waals surface area contributed by atoms with E-state index >= 15 is 0 Å². The minimum Gasteiger partial charge on any atom is -0.484 e. The molecule has 0 fully saturated rings. The summed E-state index contributed by atoms with van der Waals surface area (Å²) in [6.45, 7) is 3.71. The van der Waals surface area contributed by atoms with Gasteiger partial charge in [0.15, 0.2) is 13.2 Å². The Hall–Kier alpha value is -3.82. The molecule has 0 aliphatic heterocycles. The first-order valence-corrected chi connectivity index (χ1v) is 13.6. The number of nitrogens with one attached hydrogen (secondary N) is 2. The van der Waals surface area contributed by atoms with Crippen LogP contribution in [0.15, 0.2) is 93.9 Å². The molecule has 4 aromatic rings. The van der Waals surface area contributed by atoms with Crippen molar-refractivity contribution in [3.63, 3.8) is 0 Å². The Balaban J connectivity index is 1.21. The summed E-state index contributed by atoms with van der Waals surface area (Å²) < 4.78 is 19.0. The Morgan fingerprint density at radius 1 is 0.590 bits per heavy atom. The number of ether oxygens (including phenoxy) is 3. The van der Waals surface area contributed by atoms with Crippen LogP contribution in [0.25, 0.3) is 0 Å². The molecule has 2 N–H and O–H groups in total. The third-order valence-electron chi connectivity index (χ3n) is 5.51. The smallest absolute Gasteiger partial charge is 0.262 e. The van der Waals surface area contributed by atoms with Crippen molar-refractivity contribution in [2.75, 3.05) is 23.8 Å². The number of hydrogen-bond acceptors (Lipinski definition) is 5. The molecule has 9 heteroatoms. The number of hydrogen-bond donors (Lipinski definition) is 2. The molecule has 0 unspecified atom stereocenters. The van der Waals surface area contributed by atoms with Crippen LogP contribution in [0.5, 0.6) is 23.0 Å². The highest BCUT2D eigenvalue weighted by Crippen LogP contribution is 2.25. The van der Waals surface area contributed by atoms with Gasteiger partial charge in [-0.1, -0.05) is 31.9 Å². The average molecular weight is 654 g/mol. The SMILES string of the molecule is Cc1cc(OCC(=O)Nc2ccc(Oc3ccc(NC(=O)COc4ccc(Br)c(C)c4)cc3)cc2)ccc1Br. The molecule has 0 saturated heterocycles. The second kappa shape index (κ2) is 13.3. The highest BCUT2D eigenvalue weighted by Gasteiger charge is 2.08. The molecule has 0 bridgehead atoms. The summed E-state index contributed by atoms with van der Waals surface area (Å²) in [6.07, 6.45) is 0. The summed E-state index contributed by atoms with van der Waals surface area (Å²) in [5, 5.41) is 5.60. The fourth-order valence-corrected chi connectivity index (χ4v) is 3.95. The lowest BCUT2D eigenvalue weighted by atomic mass is 10.2. The number of anilines is 2. The van der Waals surface area contributed by atoms with Crippen molar-refractivity contribution < 1.29 is 23.8 Å². The molecule has 0 aliphatic carbocycles. The number of benzene rings is 4. The van der Waals surface area contributed by atoms with Crippen LogP contribution < -0.4 is 24.8 Å². The van der Waals surface area contributed by atoms with Crippen molar-refractivity contribution in [3.05, 3.63) is 105 Å². The van der Waals surface area contributed by atoms with E-state index < -0.39 is 0 Å². The van der Waals surface area contributed by atoms with Crippen molar-refractivity contribution in [2.24, 2.45) is 0 Å². The van der Waals surface area contributed by atoms with Crippen LogP contribution in [0.1, 0.15) is 11.1 Å². The van der Waals surface area contributed by atoms with Gasteiger partial charge in [0.25, 0.3) is 11.8 Å². The normalized spacial score (nSPS) is 10.5. The minimum absolute atomic E-state index is 0.0990. The van der Waals surface area contributed by atoms with Gasteiger partial charge in [0.1, 0.15) is 23.0 Å². The van der Waals surface area contributed by atoms with Gasteiger partial charge >= 0.3 is 0 Å². The fourth-order valence-electron chi connectivity index (χ4n) is 3.45. The predicted octanol–water partition coefficient (Wildman–Crippen LogP) is 7.66. The summed E-state index contributed by atoms with van der Waals surface area (Å²) in [4.78, 5) is 24.5. The monoisotopic (exact) mass is 652 g/mol. The molecule has 2 amide bonds. The van der Waals surface area contributed by atoms with Crippen molar-refractivity contribution in [3.8, 4) is 23.0 Å². The van der Waals surface area contributed by atoms with E-state index in [1.807, 2.05) is 38.1 Å². The van der Waals surface area contributed by atoms with Gasteiger partial charge < -0.3 is 24.8 Å². The van der Waals surface area contributed by atoms with Crippen LogP contribution >= 0.6 is 31.9 Å². The third-order valence-corrected chi connectivity index (χ3v) is 7.29. The van der Waals surface area contributed by atoms with Gasteiger partial charge in [-0.15, -0.1) is 0 Å². The van der Waals surface area contributed by atoms with E-state index in [2.05, 4.69) is 42.5 Å². The maximum Gasteiger partial charge on any atom is 0.262 e. The highest BCUT2D eigenvalue weighted by atomic mass is 79.9. The summed E-state index contributed by atoms with van der Waals surface area (Å²) in [7, 11) is 0. The second-order valence-corrected chi connectivity index (χ2v) is 10.4. The van der Waals surface area contributed by atoms with Crippen LogP contribution in [0.2, 0.25) is 0 Å². The van der Waals surface area contributed by atoms with Gasteiger partial charge in [-0.2, -0.15) is 0 Å². The van der Waals surface area contributed by atoms with Gasteiger partial charge in [0.2, 0.25) is 0 Å². The summed E-state index contributed by atoms with van der Waals surface area (Å²) in [6, 6.07) is 25.1. The van der Waals surface area contributed by atoms with Crippen LogP contribution in [0.4, 0.5) is 11.4 Å². The van der Waals surface area contributed by atoms with E-state index in [0.29, 0.717) is 34.4 Å². The Morgan fingerprint density at radius 2 is 0.949 bits per heavy atom. The van der Waals surface area contributed by atoms with E-state index in [1.165, 1.54) is 0 Å². The van der Waals surface area contributed by atoms with Crippen molar-refractivity contribution in [1.29, 1.82) is 0 Å². The number of rotatable bonds is 10. The molecule has 4 rings (SSSR count). The zero-order chi connectivity index (χ0) is 27.8. The maximum atomic E-state index is 12.2. The van der Waals surface area contributed by atoms with E-state index in [4.69, 9.17) is 14.2 Å². The molecule has 0 saturated carbocycles. The Kier molecular flexibility index (Phi) is 9.62. The summed E-state index contributed by atoms with van der Waals surface area (Å²) in [5.74, 6) is 1.93. The Morgan fingerprint density at radius 3 is 1.31 bits per heavy atom. The van der Waals surface area contributed by atoms with Crippen molar-refractivity contribution >= 4 is 55.0 Å². The molecule has 0 aromatic heterocycles. The first kappa shape index (κ1) is 28.2. The predicted molar refractivity (Wildman–Crippen MR) is 159 cm³/mol. The first-order valence-electron chi connectivity index (χ1n) is 12.0. The van der Waals surface area contributed by atoms with E-state index in [1.54, 1.807) is 60.7 Å². The van der Waals surface area contributed by atoms with Crippen molar-refractivity contribution in [1.82, 2.24) is 0 Å². The van der Waals surface area contributed by atoms with Crippen LogP contribution in [0, 0.1) is 13.8 Å². The highest BCUT2D eigenvalue weighted by molar-refractivity contribution is 9.10. The number of carbonyl (C=O) groups is 2. The largest absolute Gasteiger partial charge is 0.484 e. The van der Waals surface area contributed by atoms with Gasteiger partial charge in [0, 0.05) is 20.3 Å². The molecular formula is C30H26Br2N2O5. The third kappa shape index (κ3) is 8.59. The van der Waals surface area contributed by atoms with E-state index in [9.17, 15) is 9.59 Å². The molecule has 4 aromatic carbocycles. The molecule has 0 atom stereocenters. The Labute approximate surface area is 243 Å². The maximum absolute atomic E-state index is 12.2. The van der Waals surface area contributed by atoms with Crippen LogP contribution in [0.3, 0.4) is 0 Å². The van der Waals surface area contributed by atoms with Gasteiger partial charge in [0.05, 0.1) is 0 Å². The van der Waals surface area contributed by atoms with Crippen LogP contribution in [-0.4, -0.2) is 25.0 Å². The van der Waals surface area contributed by atoms with Gasteiger partial charge in [-0.25, -0.2) is 0 Å². The molecule has 0 radical (unpaired) electrons. The van der Waals surface area contributed by atoms with E-state index in [-0.39, 0.29) is 25.0 Å². The fraction of sp³-hybridized carbons (Fsp3) is 0.133. The molecule has 200 valence electrons. The number of halogens is 2. The standard InChI is InChI=1S/C30H26Br2N2O5/c1-19-15-25(11-13-27(19)31)37-17-29(35)33-21-3-7-23(8-4-21)39-24-9-5-22(6-10-24)34-30(36)18-38-26-12-14-28(32)20(2)16-26/h3-16H,17-18H2,1-2H3,(H,33,35)(H,34,36). The second-order valence-electron chi connectivity index (χ2n) is 8.65.